The molecule has 0 fully saturated rings. The summed E-state index contributed by atoms with van der Waals surface area (Å²) in [5.74, 6) is 0.646. The molecule has 26 heavy (non-hydrogen) atoms. The van der Waals surface area contributed by atoms with Gasteiger partial charge in [0.25, 0.3) is 0 Å². The summed E-state index contributed by atoms with van der Waals surface area (Å²) in [4.78, 5) is 13.6. The molecule has 0 spiro atoms. The number of aryl methyl sites for hydroxylation is 1. The van der Waals surface area contributed by atoms with E-state index in [1.807, 2.05) is 38.1 Å². The highest BCUT2D eigenvalue weighted by molar-refractivity contribution is 5.65. The van der Waals surface area contributed by atoms with Gasteiger partial charge in [-0.25, -0.2) is 4.98 Å². The third-order valence-corrected chi connectivity index (χ3v) is 3.81. The Kier molecular flexibility index (Phi) is 7.56. The van der Waals surface area contributed by atoms with E-state index in [0.717, 1.165) is 29.6 Å². The molecule has 2 aromatic rings. The van der Waals surface area contributed by atoms with Gasteiger partial charge in [0.2, 0.25) is 0 Å². The van der Waals surface area contributed by atoms with Gasteiger partial charge in [-0.05, 0) is 25.5 Å². The fourth-order valence-electron chi connectivity index (χ4n) is 2.21. The number of benzene rings is 1. The maximum atomic E-state index is 12.9. The van der Waals surface area contributed by atoms with Gasteiger partial charge in [-0.3, -0.25) is 0 Å². The van der Waals surface area contributed by atoms with Crippen molar-refractivity contribution in [3.05, 3.63) is 59.4 Å². The summed E-state index contributed by atoms with van der Waals surface area (Å²) in [6.07, 6.45) is -1.08. The first-order chi connectivity index (χ1) is 12.2. The second-order valence-electron chi connectivity index (χ2n) is 5.66. The lowest BCUT2D eigenvalue weighted by Gasteiger charge is -2.06. The van der Waals surface area contributed by atoms with Crippen LogP contribution in [0.4, 0.5) is 13.2 Å². The molecule has 140 valence electrons. The van der Waals surface area contributed by atoms with E-state index in [1.165, 1.54) is 0 Å². The van der Waals surface area contributed by atoms with E-state index in [4.69, 9.17) is 0 Å². The maximum Gasteiger partial charge on any atom is 0.416 e. The van der Waals surface area contributed by atoms with E-state index in [2.05, 4.69) is 11.6 Å². The van der Waals surface area contributed by atoms with E-state index >= 15 is 0 Å². The highest BCUT2D eigenvalue weighted by Gasteiger charge is 2.31. The van der Waals surface area contributed by atoms with Gasteiger partial charge in [0.1, 0.15) is 12.1 Å². The van der Waals surface area contributed by atoms with Gasteiger partial charge in [-0.15, -0.1) is 0 Å². The van der Waals surface area contributed by atoms with E-state index in [0.29, 0.717) is 23.6 Å². The normalized spacial score (nSPS) is 11.6. The lowest BCUT2D eigenvalue weighted by atomic mass is 10.1. The van der Waals surface area contributed by atoms with Crippen LogP contribution >= 0.6 is 0 Å². The van der Waals surface area contributed by atoms with Crippen LogP contribution in [0.1, 0.15) is 30.3 Å². The Morgan fingerprint density at radius 1 is 1.27 bits per heavy atom. The first kappa shape index (κ1) is 21.4. The third-order valence-electron chi connectivity index (χ3n) is 3.81. The fraction of sp³-hybridized carbons (Fsp3) is 0.300. The second-order valence-corrected chi connectivity index (χ2v) is 5.66. The van der Waals surface area contributed by atoms with Crippen molar-refractivity contribution < 1.29 is 18.0 Å². The van der Waals surface area contributed by atoms with Crippen molar-refractivity contribution in [1.29, 1.82) is 0 Å². The van der Waals surface area contributed by atoms with Crippen molar-refractivity contribution in [2.45, 2.75) is 33.4 Å². The largest absolute Gasteiger partial charge is 0.416 e. The molecular formula is C20H23F3N2O. The molecule has 0 aliphatic rings. The van der Waals surface area contributed by atoms with E-state index < -0.39 is 11.7 Å². The van der Waals surface area contributed by atoms with Crippen molar-refractivity contribution in [1.82, 2.24) is 9.55 Å². The number of hydrogen-bond acceptors (Lipinski definition) is 2. The topological polar surface area (TPSA) is 34.9 Å². The minimum absolute atomic E-state index is 0.299. The van der Waals surface area contributed by atoms with Crippen LogP contribution in [0.2, 0.25) is 0 Å². The lowest BCUT2D eigenvalue weighted by Crippen LogP contribution is -2.09. The first-order valence-corrected chi connectivity index (χ1v) is 8.11. The smallest absolute Gasteiger partial charge is 0.331 e. The Bertz CT molecular complexity index is 802. The van der Waals surface area contributed by atoms with Crippen LogP contribution in [-0.2, 0) is 11.8 Å². The highest BCUT2D eigenvalue weighted by atomic mass is 19.4. The average molecular weight is 364 g/mol. The van der Waals surface area contributed by atoms with Crippen molar-refractivity contribution in [3.63, 3.8) is 0 Å². The lowest BCUT2D eigenvalue weighted by molar-refractivity contribution is -0.107. The Morgan fingerprint density at radius 2 is 1.85 bits per heavy atom. The van der Waals surface area contributed by atoms with Crippen LogP contribution in [0, 0.1) is 13.8 Å². The molecule has 0 atom stereocenters. The van der Waals surface area contributed by atoms with Crippen molar-refractivity contribution >= 4 is 12.4 Å². The fourth-order valence-corrected chi connectivity index (χ4v) is 2.21. The molecule has 1 aromatic heterocycles. The monoisotopic (exact) mass is 364 g/mol. The minimum atomic E-state index is -4.44. The number of aldehydes is 1. The molecule has 0 amide bonds. The predicted octanol–water partition coefficient (Wildman–Crippen LogP) is 5.43. The number of imidazole rings is 1. The number of carbonyl (C=O) groups excluding carboxylic acids is 1. The summed E-state index contributed by atoms with van der Waals surface area (Å²) in [5, 5.41) is 0. The number of nitrogens with zero attached hydrogens (tertiary/aromatic N) is 2. The standard InChI is InChI=1S/C17H17F3N2.C3H6O/c1-5-13(17(18,19)20)10-15-12(3)22(4)16(21-15)14-9-7-6-8-11(14)2;1-2-3-4/h5-10H,1H2,2-4H3;3H,2H2,1H3/b13-10+;. The molecule has 0 radical (unpaired) electrons. The number of allylic oxidation sites excluding steroid dienone is 2. The van der Waals surface area contributed by atoms with Crippen LogP contribution in [-0.4, -0.2) is 22.0 Å². The van der Waals surface area contributed by atoms with Crippen LogP contribution in [0.5, 0.6) is 0 Å². The molecule has 1 heterocycles. The molecule has 0 unspecified atom stereocenters. The predicted molar refractivity (Wildman–Crippen MR) is 98.7 cm³/mol. The number of halogens is 3. The van der Waals surface area contributed by atoms with Crippen molar-refractivity contribution in [2.24, 2.45) is 7.05 Å². The van der Waals surface area contributed by atoms with Crippen LogP contribution < -0.4 is 0 Å². The Labute approximate surface area is 151 Å². The zero-order valence-electron chi connectivity index (χ0n) is 15.4. The van der Waals surface area contributed by atoms with Gasteiger partial charge >= 0.3 is 6.18 Å². The first-order valence-electron chi connectivity index (χ1n) is 8.11. The molecule has 3 nitrogen and oxygen atoms in total. The summed E-state index contributed by atoms with van der Waals surface area (Å²) in [6, 6.07) is 7.64. The Morgan fingerprint density at radius 3 is 2.31 bits per heavy atom. The average Bonchev–Trinajstić information content (AvgIpc) is 2.87. The van der Waals surface area contributed by atoms with E-state index in [9.17, 15) is 18.0 Å². The minimum Gasteiger partial charge on any atom is -0.331 e. The number of carbonyl (C=O) groups is 1. The molecule has 1 aromatic carbocycles. The SMILES string of the molecule is C=C/C(=C\c1nc(-c2ccccc2C)n(C)c1C)C(F)(F)F.CCC=O. The van der Waals surface area contributed by atoms with Gasteiger partial charge in [0, 0.05) is 24.7 Å². The summed E-state index contributed by atoms with van der Waals surface area (Å²) < 4.78 is 40.4. The molecule has 0 N–H and O–H groups in total. The van der Waals surface area contributed by atoms with Crippen LogP contribution in [0.25, 0.3) is 17.5 Å². The van der Waals surface area contributed by atoms with Gasteiger partial charge in [-0.2, -0.15) is 13.2 Å². The molecule has 0 aliphatic carbocycles. The van der Waals surface area contributed by atoms with E-state index in [-0.39, 0.29) is 0 Å². The maximum absolute atomic E-state index is 12.9. The van der Waals surface area contributed by atoms with Gasteiger partial charge < -0.3 is 9.36 Å². The summed E-state index contributed by atoms with van der Waals surface area (Å²) in [6.45, 7) is 8.74. The zero-order chi connectivity index (χ0) is 19.9. The molecule has 0 aliphatic heterocycles. The second kappa shape index (κ2) is 9.17. The Balaban J connectivity index is 0.000000765. The summed E-state index contributed by atoms with van der Waals surface area (Å²) in [5.41, 5.74) is 2.09. The van der Waals surface area contributed by atoms with Crippen molar-refractivity contribution in [3.8, 4) is 11.4 Å². The summed E-state index contributed by atoms with van der Waals surface area (Å²) in [7, 11) is 1.79. The third kappa shape index (κ3) is 5.18. The van der Waals surface area contributed by atoms with Crippen molar-refractivity contribution in [2.75, 3.05) is 0 Å². The number of rotatable bonds is 4. The van der Waals surface area contributed by atoms with Crippen LogP contribution in [0.15, 0.2) is 42.5 Å². The molecule has 0 saturated heterocycles. The van der Waals surface area contributed by atoms with E-state index in [1.54, 1.807) is 18.5 Å². The molecule has 0 bridgehead atoms. The number of hydrogen-bond donors (Lipinski definition) is 0. The highest BCUT2D eigenvalue weighted by Crippen LogP contribution is 2.30. The van der Waals surface area contributed by atoms with Gasteiger partial charge in [0.05, 0.1) is 11.3 Å². The quantitative estimate of drug-likeness (QED) is 0.535. The van der Waals surface area contributed by atoms with Gasteiger partial charge in [0.15, 0.2) is 0 Å². The Hall–Kier alpha value is -2.63. The zero-order valence-corrected chi connectivity index (χ0v) is 15.4. The summed E-state index contributed by atoms with van der Waals surface area (Å²) >= 11 is 0. The van der Waals surface area contributed by atoms with Crippen LogP contribution in [0.3, 0.4) is 0 Å². The molecule has 2 rings (SSSR count). The van der Waals surface area contributed by atoms with Gasteiger partial charge in [-0.1, -0.05) is 43.8 Å². The molecule has 0 saturated carbocycles. The number of alkyl halides is 3. The number of aromatic nitrogens is 2. The molecule has 6 heteroatoms. The molecular weight excluding hydrogens is 341 g/mol.